The van der Waals surface area contributed by atoms with Crippen LogP contribution in [0.4, 0.5) is 0 Å². The summed E-state index contributed by atoms with van der Waals surface area (Å²) in [6, 6.07) is 10.8. The molecule has 1 aliphatic rings. The van der Waals surface area contributed by atoms with Gasteiger partial charge in [-0.15, -0.1) is 11.3 Å². The van der Waals surface area contributed by atoms with Gasteiger partial charge in [0.2, 0.25) is 17.7 Å². The first kappa shape index (κ1) is 33.7. The molecule has 2 aromatic heterocycles. The Morgan fingerprint density at radius 3 is 2.42 bits per heavy atom. The molecule has 1 aromatic carbocycles. The minimum atomic E-state index is -0.922. The first-order valence-electron chi connectivity index (χ1n) is 15.1. The van der Waals surface area contributed by atoms with Gasteiger partial charge in [0.15, 0.2) is 0 Å². The molecule has 0 spiro atoms. The molecule has 4 N–H and O–H groups in total. The van der Waals surface area contributed by atoms with Crippen molar-refractivity contribution < 1.29 is 24.3 Å². The van der Waals surface area contributed by atoms with Crippen molar-refractivity contribution in [3.05, 3.63) is 71.1 Å². The Balaban J connectivity index is 1.34. The number of rotatable bonds is 11. The van der Waals surface area contributed by atoms with Crippen molar-refractivity contribution >= 4 is 35.0 Å². The van der Waals surface area contributed by atoms with E-state index in [0.717, 1.165) is 21.7 Å². The molecule has 45 heavy (non-hydrogen) atoms. The lowest BCUT2D eigenvalue weighted by atomic mass is 9.85. The quantitative estimate of drug-likeness (QED) is 0.236. The summed E-state index contributed by atoms with van der Waals surface area (Å²) in [7, 11) is 0. The van der Waals surface area contributed by atoms with Gasteiger partial charge in [-0.25, -0.2) is 4.98 Å². The summed E-state index contributed by atoms with van der Waals surface area (Å²) in [4.78, 5) is 63.2. The van der Waals surface area contributed by atoms with Crippen LogP contribution in [-0.2, 0) is 14.4 Å². The molecule has 4 amide bonds. The molecule has 0 bridgehead atoms. The van der Waals surface area contributed by atoms with Crippen LogP contribution >= 0.6 is 11.3 Å². The van der Waals surface area contributed by atoms with E-state index in [0.29, 0.717) is 12.1 Å². The van der Waals surface area contributed by atoms with E-state index in [1.807, 2.05) is 64.4 Å². The van der Waals surface area contributed by atoms with Gasteiger partial charge in [-0.3, -0.25) is 24.2 Å². The summed E-state index contributed by atoms with van der Waals surface area (Å²) in [5, 5.41) is 19.1. The lowest BCUT2D eigenvalue weighted by Gasteiger charge is -2.35. The second kappa shape index (κ2) is 14.7. The van der Waals surface area contributed by atoms with E-state index < -0.39 is 29.5 Å². The highest BCUT2D eigenvalue weighted by Gasteiger charge is 2.44. The number of benzene rings is 1. The van der Waals surface area contributed by atoms with Crippen LogP contribution < -0.4 is 16.0 Å². The molecule has 0 unspecified atom stereocenters. The number of likely N-dealkylation sites (tertiary alicyclic amines) is 1. The Morgan fingerprint density at radius 1 is 1.07 bits per heavy atom. The molecule has 1 fully saturated rings. The number of aryl methyl sites for hydroxylation is 1. The van der Waals surface area contributed by atoms with E-state index in [1.165, 1.54) is 11.1 Å². The molecule has 240 valence electrons. The summed E-state index contributed by atoms with van der Waals surface area (Å²) in [6.07, 6.45) is 1.24. The normalized spacial score (nSPS) is 17.8. The summed E-state index contributed by atoms with van der Waals surface area (Å²) < 4.78 is 0. The van der Waals surface area contributed by atoms with Crippen LogP contribution in [0.1, 0.15) is 74.7 Å². The fraction of sp³-hybridized carbons (Fsp3) is 0.455. The Morgan fingerprint density at radius 2 is 1.80 bits per heavy atom. The fourth-order valence-electron chi connectivity index (χ4n) is 5.29. The molecule has 4 rings (SSSR count). The van der Waals surface area contributed by atoms with Gasteiger partial charge in [-0.2, -0.15) is 0 Å². The average Bonchev–Trinajstić information content (AvgIpc) is 3.62. The molecule has 0 saturated carbocycles. The molecular weight excluding hydrogens is 592 g/mol. The Bertz CT molecular complexity index is 1490. The summed E-state index contributed by atoms with van der Waals surface area (Å²) in [6.45, 7) is 9.62. The molecular formula is C33H42N6O5S. The number of aromatic nitrogens is 2. The second-order valence-corrected chi connectivity index (χ2v) is 13.3. The number of aliphatic hydroxyl groups is 1. The largest absolute Gasteiger partial charge is 0.391 e. The first-order valence-corrected chi connectivity index (χ1v) is 16.0. The number of thiazole rings is 1. The maximum atomic E-state index is 13.8. The van der Waals surface area contributed by atoms with Crippen molar-refractivity contribution in [3.8, 4) is 10.4 Å². The second-order valence-electron chi connectivity index (χ2n) is 12.5. The number of hydrogen-bond acceptors (Lipinski definition) is 8. The molecule has 3 aromatic rings. The zero-order valence-electron chi connectivity index (χ0n) is 26.4. The Labute approximate surface area is 267 Å². The third-order valence-corrected chi connectivity index (χ3v) is 8.80. The van der Waals surface area contributed by atoms with Crippen molar-refractivity contribution in [3.63, 3.8) is 0 Å². The summed E-state index contributed by atoms with van der Waals surface area (Å²) in [5.41, 5.74) is 4.36. The van der Waals surface area contributed by atoms with Gasteiger partial charge in [-0.05, 0) is 48.9 Å². The van der Waals surface area contributed by atoms with Crippen molar-refractivity contribution in [2.24, 2.45) is 5.41 Å². The highest BCUT2D eigenvalue weighted by atomic mass is 32.1. The number of nitrogens with one attached hydrogen (secondary N) is 3. The zero-order chi connectivity index (χ0) is 32.7. The molecule has 0 radical (unpaired) electrons. The van der Waals surface area contributed by atoms with E-state index in [-0.39, 0.29) is 49.7 Å². The van der Waals surface area contributed by atoms with Crippen LogP contribution in [0.15, 0.2) is 54.2 Å². The Hall–Kier alpha value is -4.16. The summed E-state index contributed by atoms with van der Waals surface area (Å²) in [5.74, 6) is -1.46. The van der Waals surface area contributed by atoms with Gasteiger partial charge < -0.3 is 26.0 Å². The van der Waals surface area contributed by atoms with Gasteiger partial charge in [0.05, 0.1) is 28.2 Å². The van der Waals surface area contributed by atoms with Crippen LogP contribution in [0.5, 0.6) is 0 Å². The molecule has 1 aliphatic heterocycles. The molecule has 3 heterocycles. The maximum Gasteiger partial charge on any atom is 0.269 e. The van der Waals surface area contributed by atoms with Crippen molar-refractivity contribution in [2.75, 3.05) is 13.1 Å². The monoisotopic (exact) mass is 634 g/mol. The maximum absolute atomic E-state index is 13.8. The number of aliphatic hydroxyl groups excluding tert-OH is 1. The number of β-amino-alcohol motifs (C(OH)–C–C–N with tert-alkyl or cyclic N) is 1. The third kappa shape index (κ3) is 8.73. The van der Waals surface area contributed by atoms with Crippen molar-refractivity contribution in [2.45, 2.75) is 78.1 Å². The summed E-state index contributed by atoms with van der Waals surface area (Å²) >= 11 is 1.57. The average molecular weight is 635 g/mol. The number of hydrogen-bond donors (Lipinski definition) is 4. The van der Waals surface area contributed by atoms with E-state index in [9.17, 15) is 24.3 Å². The van der Waals surface area contributed by atoms with Gasteiger partial charge in [0.1, 0.15) is 17.8 Å². The number of amides is 4. The minimum absolute atomic E-state index is 0.00377. The Kier molecular flexibility index (Phi) is 11.1. The minimum Gasteiger partial charge on any atom is -0.391 e. The van der Waals surface area contributed by atoms with E-state index in [1.54, 1.807) is 29.5 Å². The highest BCUT2D eigenvalue weighted by molar-refractivity contribution is 7.13. The molecule has 11 nitrogen and oxygen atoms in total. The predicted molar refractivity (Wildman–Crippen MR) is 172 cm³/mol. The van der Waals surface area contributed by atoms with Gasteiger partial charge in [0.25, 0.3) is 5.91 Å². The number of nitrogens with zero attached hydrogens (tertiary/aromatic N) is 3. The number of carbonyl (C=O) groups is 4. The molecule has 1 saturated heterocycles. The SMILES string of the molecule is Cc1ncsc1-c1ccc([C@H](C)NC(=O)[C@@H]2C[C@@H](O)CN2C(=O)[C@@H](NC(=O)CCCNC(=O)c2ccccn2)C(C)(C)C)cc1. The van der Waals surface area contributed by atoms with Crippen LogP contribution in [0.2, 0.25) is 0 Å². The highest BCUT2D eigenvalue weighted by Crippen LogP contribution is 2.29. The van der Waals surface area contributed by atoms with E-state index in [2.05, 4.69) is 25.9 Å². The lowest BCUT2D eigenvalue weighted by molar-refractivity contribution is -0.144. The van der Waals surface area contributed by atoms with Crippen LogP contribution in [0, 0.1) is 12.3 Å². The number of carbonyl (C=O) groups excluding carboxylic acids is 4. The first-order chi connectivity index (χ1) is 21.3. The molecule has 0 aliphatic carbocycles. The topological polar surface area (TPSA) is 154 Å². The standard InChI is InChI=1S/C33H42N6O5S/c1-20(22-11-13-23(14-12-22)28-21(2)36-19-45-28)37-31(43)26-17-24(40)18-39(26)32(44)29(33(3,4)5)38-27(41)10-8-16-35-30(42)25-9-6-7-15-34-25/h6-7,9,11-15,19-20,24,26,29,40H,8,10,16-18H2,1-5H3,(H,35,42)(H,37,43)(H,38,41)/t20-,24+,26-,29+/m0/s1. The van der Waals surface area contributed by atoms with Crippen LogP contribution in [-0.4, -0.2) is 74.9 Å². The predicted octanol–water partition coefficient (Wildman–Crippen LogP) is 3.39. The molecule has 4 atom stereocenters. The van der Waals surface area contributed by atoms with Gasteiger partial charge in [-0.1, -0.05) is 51.1 Å². The number of pyridine rings is 1. The van der Waals surface area contributed by atoms with Crippen molar-refractivity contribution in [1.82, 2.24) is 30.8 Å². The van der Waals surface area contributed by atoms with Crippen LogP contribution in [0.25, 0.3) is 10.4 Å². The van der Waals surface area contributed by atoms with Crippen LogP contribution in [0.3, 0.4) is 0 Å². The lowest BCUT2D eigenvalue weighted by Crippen LogP contribution is -2.57. The van der Waals surface area contributed by atoms with E-state index in [4.69, 9.17) is 0 Å². The smallest absolute Gasteiger partial charge is 0.269 e. The van der Waals surface area contributed by atoms with Gasteiger partial charge in [0, 0.05) is 32.1 Å². The fourth-order valence-corrected chi connectivity index (χ4v) is 6.10. The third-order valence-electron chi connectivity index (χ3n) is 7.82. The van der Waals surface area contributed by atoms with Gasteiger partial charge >= 0.3 is 0 Å². The zero-order valence-corrected chi connectivity index (χ0v) is 27.2. The van der Waals surface area contributed by atoms with E-state index >= 15 is 0 Å². The van der Waals surface area contributed by atoms with Crippen molar-refractivity contribution in [1.29, 1.82) is 0 Å². The molecule has 12 heteroatoms.